The molecule has 0 saturated heterocycles. The molecule has 0 bridgehead atoms. The van der Waals surface area contributed by atoms with E-state index in [1.807, 2.05) is 23.6 Å². The zero-order chi connectivity index (χ0) is 10.1. The molecular weight excluding hydrogens is 257 g/mol. The van der Waals surface area contributed by atoms with E-state index >= 15 is 0 Å². The molecule has 0 aliphatic rings. The minimum absolute atomic E-state index is 0.161. The highest BCUT2D eigenvalue weighted by atomic mass is 35.5. The number of nitrogens with two attached hydrogens (primary N) is 1. The highest BCUT2D eigenvalue weighted by Gasteiger charge is 2.16. The molecule has 2 aromatic rings. The second-order valence-electron chi connectivity index (χ2n) is 2.77. The van der Waals surface area contributed by atoms with E-state index in [-0.39, 0.29) is 6.04 Å². The zero-order valence-corrected chi connectivity index (χ0v) is 10.2. The molecule has 1 unspecified atom stereocenters. The fourth-order valence-electron chi connectivity index (χ4n) is 1.19. The summed E-state index contributed by atoms with van der Waals surface area (Å²) < 4.78 is 1.35. The molecule has 74 valence electrons. The summed E-state index contributed by atoms with van der Waals surface area (Å²) in [6, 6.07) is 5.64. The van der Waals surface area contributed by atoms with Gasteiger partial charge < -0.3 is 5.73 Å². The lowest BCUT2D eigenvalue weighted by molar-refractivity contribution is 0.900. The first-order valence-electron chi connectivity index (χ1n) is 3.92. The average Bonchev–Trinajstić information content (AvgIpc) is 2.73. The smallest absolute Gasteiger partial charge is 0.0995 e. The Morgan fingerprint density at radius 3 is 2.64 bits per heavy atom. The van der Waals surface area contributed by atoms with Crippen LogP contribution in [0, 0.1) is 0 Å². The van der Waals surface area contributed by atoms with Crippen LogP contribution in [0.1, 0.15) is 16.5 Å². The van der Waals surface area contributed by atoms with E-state index < -0.39 is 0 Å². The number of thiophene rings is 2. The Labute approximate surface area is 100 Å². The Kier molecular flexibility index (Phi) is 3.14. The van der Waals surface area contributed by atoms with Crippen molar-refractivity contribution in [3.05, 3.63) is 42.7 Å². The Morgan fingerprint density at radius 1 is 1.36 bits per heavy atom. The van der Waals surface area contributed by atoms with Gasteiger partial charge in [0, 0.05) is 10.4 Å². The van der Waals surface area contributed by atoms with Crippen molar-refractivity contribution in [1.82, 2.24) is 0 Å². The van der Waals surface area contributed by atoms with Crippen molar-refractivity contribution in [3.8, 4) is 0 Å². The Morgan fingerprint density at radius 2 is 2.14 bits per heavy atom. The first-order valence-corrected chi connectivity index (χ1v) is 6.37. The standard InChI is InChI=1S/C9H7Cl2NS2/c10-7-4-5(9(11)14-7)8(12)6-2-1-3-13-6/h1-4,8H,12H2. The van der Waals surface area contributed by atoms with Crippen molar-refractivity contribution in [2.24, 2.45) is 5.73 Å². The van der Waals surface area contributed by atoms with Gasteiger partial charge >= 0.3 is 0 Å². The normalized spacial score (nSPS) is 13.1. The second-order valence-corrected chi connectivity index (χ2v) is 6.04. The highest BCUT2D eigenvalue weighted by molar-refractivity contribution is 7.20. The van der Waals surface area contributed by atoms with Gasteiger partial charge in [0.2, 0.25) is 0 Å². The monoisotopic (exact) mass is 263 g/mol. The topological polar surface area (TPSA) is 26.0 Å². The summed E-state index contributed by atoms with van der Waals surface area (Å²) in [5.41, 5.74) is 6.96. The van der Waals surface area contributed by atoms with Crippen LogP contribution >= 0.6 is 45.9 Å². The van der Waals surface area contributed by atoms with Crippen LogP contribution in [-0.4, -0.2) is 0 Å². The third-order valence-corrected chi connectivity index (χ3v) is 4.34. The van der Waals surface area contributed by atoms with Gasteiger partial charge in [0.25, 0.3) is 0 Å². The summed E-state index contributed by atoms with van der Waals surface area (Å²) in [5, 5.41) is 2.00. The maximum atomic E-state index is 6.05. The van der Waals surface area contributed by atoms with Gasteiger partial charge in [-0.05, 0) is 17.5 Å². The van der Waals surface area contributed by atoms with Crippen molar-refractivity contribution < 1.29 is 0 Å². The first-order chi connectivity index (χ1) is 6.68. The molecule has 2 N–H and O–H groups in total. The zero-order valence-electron chi connectivity index (χ0n) is 7.04. The minimum atomic E-state index is -0.161. The second kappa shape index (κ2) is 4.21. The number of hydrogen-bond donors (Lipinski definition) is 1. The maximum absolute atomic E-state index is 6.05. The highest BCUT2D eigenvalue weighted by Crippen LogP contribution is 2.37. The third-order valence-electron chi connectivity index (χ3n) is 1.87. The van der Waals surface area contributed by atoms with Crippen molar-refractivity contribution in [3.63, 3.8) is 0 Å². The molecule has 0 aromatic carbocycles. The summed E-state index contributed by atoms with van der Waals surface area (Å²) in [7, 11) is 0. The molecule has 0 radical (unpaired) electrons. The molecule has 0 spiro atoms. The van der Waals surface area contributed by atoms with Crippen LogP contribution in [0.5, 0.6) is 0 Å². The molecule has 0 aliphatic heterocycles. The first kappa shape index (κ1) is 10.5. The molecule has 0 saturated carbocycles. The van der Waals surface area contributed by atoms with Crippen LogP contribution in [0.4, 0.5) is 0 Å². The van der Waals surface area contributed by atoms with E-state index in [9.17, 15) is 0 Å². The summed E-state index contributed by atoms with van der Waals surface area (Å²) in [6.45, 7) is 0. The fraction of sp³-hybridized carbons (Fsp3) is 0.111. The largest absolute Gasteiger partial charge is 0.320 e. The molecule has 0 fully saturated rings. The van der Waals surface area contributed by atoms with Gasteiger partial charge in [-0.25, -0.2) is 0 Å². The van der Waals surface area contributed by atoms with Gasteiger partial charge in [0.05, 0.1) is 14.7 Å². The van der Waals surface area contributed by atoms with Crippen molar-refractivity contribution in [2.75, 3.05) is 0 Å². The molecule has 1 nitrogen and oxygen atoms in total. The van der Waals surface area contributed by atoms with Crippen LogP contribution in [0.2, 0.25) is 8.67 Å². The van der Waals surface area contributed by atoms with Crippen LogP contribution in [0.15, 0.2) is 23.6 Å². The molecule has 2 heterocycles. The predicted molar refractivity (Wildman–Crippen MR) is 64.7 cm³/mol. The number of hydrogen-bond acceptors (Lipinski definition) is 3. The summed E-state index contributed by atoms with van der Waals surface area (Å²) in [5.74, 6) is 0. The van der Waals surface area contributed by atoms with Crippen molar-refractivity contribution >= 4 is 45.9 Å². The fourth-order valence-corrected chi connectivity index (χ4v) is 3.48. The van der Waals surface area contributed by atoms with Crippen LogP contribution < -0.4 is 5.73 Å². The van der Waals surface area contributed by atoms with E-state index in [2.05, 4.69) is 0 Å². The van der Waals surface area contributed by atoms with Gasteiger partial charge in [0.15, 0.2) is 0 Å². The van der Waals surface area contributed by atoms with E-state index in [0.29, 0.717) is 8.67 Å². The third kappa shape index (κ3) is 1.97. The maximum Gasteiger partial charge on any atom is 0.0995 e. The quantitative estimate of drug-likeness (QED) is 0.865. The van der Waals surface area contributed by atoms with Crippen LogP contribution in [0.3, 0.4) is 0 Å². The van der Waals surface area contributed by atoms with Crippen LogP contribution in [0.25, 0.3) is 0 Å². The van der Waals surface area contributed by atoms with E-state index in [1.54, 1.807) is 11.3 Å². The van der Waals surface area contributed by atoms with Gasteiger partial charge in [-0.1, -0.05) is 29.3 Å². The Balaban J connectivity index is 2.36. The molecule has 2 aromatic heterocycles. The van der Waals surface area contributed by atoms with Crippen molar-refractivity contribution in [1.29, 1.82) is 0 Å². The predicted octanol–water partition coefficient (Wildman–Crippen LogP) is 4.16. The molecular formula is C9H7Cl2NS2. The van der Waals surface area contributed by atoms with E-state index in [1.165, 1.54) is 11.3 Å². The van der Waals surface area contributed by atoms with Gasteiger partial charge in [-0.2, -0.15) is 0 Å². The minimum Gasteiger partial charge on any atom is -0.320 e. The van der Waals surface area contributed by atoms with Gasteiger partial charge in [0.1, 0.15) is 0 Å². The molecule has 0 aliphatic carbocycles. The number of rotatable bonds is 2. The molecule has 5 heteroatoms. The molecule has 2 rings (SSSR count). The molecule has 0 amide bonds. The van der Waals surface area contributed by atoms with Gasteiger partial charge in [-0.3, -0.25) is 0 Å². The van der Waals surface area contributed by atoms with E-state index in [4.69, 9.17) is 28.9 Å². The number of halogens is 2. The van der Waals surface area contributed by atoms with Crippen molar-refractivity contribution in [2.45, 2.75) is 6.04 Å². The van der Waals surface area contributed by atoms with Gasteiger partial charge in [-0.15, -0.1) is 22.7 Å². The summed E-state index contributed by atoms with van der Waals surface area (Å²) >= 11 is 14.8. The molecule has 1 atom stereocenters. The Hall–Kier alpha value is -0.0600. The summed E-state index contributed by atoms with van der Waals surface area (Å²) in [6.07, 6.45) is 0. The van der Waals surface area contributed by atoms with Crippen LogP contribution in [-0.2, 0) is 0 Å². The summed E-state index contributed by atoms with van der Waals surface area (Å²) in [4.78, 5) is 1.10. The lowest BCUT2D eigenvalue weighted by Gasteiger charge is -2.07. The SMILES string of the molecule is NC(c1cccs1)c1cc(Cl)sc1Cl. The Bertz CT molecular complexity index is 422. The average molecular weight is 264 g/mol. The molecule has 14 heavy (non-hydrogen) atoms. The lowest BCUT2D eigenvalue weighted by atomic mass is 10.1. The lowest BCUT2D eigenvalue weighted by Crippen LogP contribution is -2.09. The van der Waals surface area contributed by atoms with E-state index in [0.717, 1.165) is 10.4 Å².